The summed E-state index contributed by atoms with van der Waals surface area (Å²) in [7, 11) is 1.46. The molecule has 1 rings (SSSR count). The van der Waals surface area contributed by atoms with Crippen molar-refractivity contribution in [2.75, 3.05) is 26.8 Å². The number of hydrogen-bond acceptors (Lipinski definition) is 2. The number of hydrogen-bond donors (Lipinski definition) is 0. The molecule has 0 spiro atoms. The first-order chi connectivity index (χ1) is 9.81. The summed E-state index contributed by atoms with van der Waals surface area (Å²) in [5, 5.41) is 0. The summed E-state index contributed by atoms with van der Waals surface area (Å²) in [6.45, 7) is 4.08. The molecule has 7 heteroatoms. The van der Waals surface area contributed by atoms with Gasteiger partial charge in [0.05, 0.1) is 17.7 Å². The molecule has 0 atom stereocenters. The van der Waals surface area contributed by atoms with E-state index in [0.717, 1.165) is 12.1 Å². The van der Waals surface area contributed by atoms with Gasteiger partial charge >= 0.3 is 6.18 Å². The van der Waals surface area contributed by atoms with Crippen LogP contribution in [0.2, 0.25) is 0 Å². The molecule has 1 aromatic rings. The van der Waals surface area contributed by atoms with Gasteiger partial charge in [-0.25, -0.2) is 0 Å². The highest BCUT2D eigenvalue weighted by Gasteiger charge is 2.36. The molecule has 0 saturated carbocycles. The second kappa shape index (κ2) is 7.61. The van der Waals surface area contributed by atoms with Crippen LogP contribution in [0.25, 0.3) is 0 Å². The van der Waals surface area contributed by atoms with E-state index in [9.17, 15) is 18.0 Å². The number of carbonyl (C=O) groups excluding carboxylic acids is 1. The number of methoxy groups -OCH3 is 1. The van der Waals surface area contributed by atoms with Crippen LogP contribution in [0.1, 0.15) is 15.9 Å². The molecule has 0 aliphatic carbocycles. The highest BCUT2D eigenvalue weighted by atomic mass is 79.9. The molecule has 0 bridgehead atoms. The number of nitrogens with zero attached hydrogens (tertiary/aromatic N) is 1. The predicted molar refractivity (Wildman–Crippen MR) is 77.1 cm³/mol. The maximum Gasteiger partial charge on any atom is 0.417 e. The van der Waals surface area contributed by atoms with Crippen molar-refractivity contribution >= 4 is 21.8 Å². The van der Waals surface area contributed by atoms with Crippen LogP contribution in [0.4, 0.5) is 13.2 Å². The van der Waals surface area contributed by atoms with Gasteiger partial charge in [-0.05, 0) is 18.2 Å². The zero-order valence-corrected chi connectivity index (χ0v) is 13.0. The highest BCUT2D eigenvalue weighted by Crippen LogP contribution is 2.34. The molecule has 0 aliphatic rings. The van der Waals surface area contributed by atoms with Gasteiger partial charge in [0.25, 0.3) is 5.91 Å². The van der Waals surface area contributed by atoms with Crippen LogP contribution in [-0.4, -0.2) is 37.6 Å². The summed E-state index contributed by atoms with van der Waals surface area (Å²) in [5.41, 5.74) is -1.35. The third-order valence-corrected chi connectivity index (χ3v) is 3.21. The normalized spacial score (nSPS) is 11.3. The fourth-order valence-corrected chi connectivity index (χ4v) is 2.10. The summed E-state index contributed by atoms with van der Waals surface area (Å²) < 4.78 is 44.3. The van der Waals surface area contributed by atoms with Gasteiger partial charge in [0.1, 0.15) is 0 Å². The Morgan fingerprint density at radius 1 is 1.48 bits per heavy atom. The Labute approximate surface area is 129 Å². The van der Waals surface area contributed by atoms with Crippen molar-refractivity contribution < 1.29 is 22.7 Å². The third-order valence-electron chi connectivity index (χ3n) is 2.72. The Morgan fingerprint density at radius 2 is 2.14 bits per heavy atom. The van der Waals surface area contributed by atoms with E-state index >= 15 is 0 Å². The standard InChI is InChI=1S/C14H15BrF3NO2/c1-3-6-19(7-8-21-2)13(20)11-5-4-10(15)9-12(11)14(16,17)18/h3-5,9H,1,6-8H2,2H3. The van der Waals surface area contributed by atoms with E-state index in [4.69, 9.17) is 4.74 Å². The first-order valence-electron chi connectivity index (χ1n) is 6.07. The van der Waals surface area contributed by atoms with E-state index < -0.39 is 17.6 Å². The van der Waals surface area contributed by atoms with Crippen LogP contribution in [0.5, 0.6) is 0 Å². The van der Waals surface area contributed by atoms with Crippen LogP contribution in [0.15, 0.2) is 35.3 Å². The molecule has 3 nitrogen and oxygen atoms in total. The minimum absolute atomic E-state index is 0.148. The summed E-state index contributed by atoms with van der Waals surface area (Å²) in [6, 6.07) is 3.47. The molecule has 0 aliphatic heterocycles. The van der Waals surface area contributed by atoms with Crippen LogP contribution in [0, 0.1) is 0 Å². The Bertz CT molecular complexity index is 517. The lowest BCUT2D eigenvalue weighted by molar-refractivity contribution is -0.138. The molecule has 0 radical (unpaired) electrons. The number of benzene rings is 1. The molecular weight excluding hydrogens is 351 g/mol. The summed E-state index contributed by atoms with van der Waals surface area (Å²) in [4.78, 5) is 13.6. The zero-order chi connectivity index (χ0) is 16.0. The van der Waals surface area contributed by atoms with Gasteiger partial charge in [-0.2, -0.15) is 13.2 Å². The Hall–Kier alpha value is -1.34. The topological polar surface area (TPSA) is 29.5 Å². The lowest BCUT2D eigenvalue weighted by Crippen LogP contribution is -2.35. The number of halogens is 4. The van der Waals surface area contributed by atoms with Gasteiger partial charge in [-0.1, -0.05) is 22.0 Å². The van der Waals surface area contributed by atoms with Crippen LogP contribution in [0.3, 0.4) is 0 Å². The lowest BCUT2D eigenvalue weighted by Gasteiger charge is -2.23. The van der Waals surface area contributed by atoms with E-state index in [2.05, 4.69) is 22.5 Å². The minimum atomic E-state index is -4.60. The van der Waals surface area contributed by atoms with Gasteiger partial charge < -0.3 is 9.64 Å². The molecule has 1 amide bonds. The molecule has 21 heavy (non-hydrogen) atoms. The minimum Gasteiger partial charge on any atom is -0.383 e. The van der Waals surface area contributed by atoms with Crippen molar-refractivity contribution in [1.82, 2.24) is 4.90 Å². The molecule has 0 saturated heterocycles. The smallest absolute Gasteiger partial charge is 0.383 e. The fourth-order valence-electron chi connectivity index (χ4n) is 1.74. The molecule has 116 valence electrons. The van der Waals surface area contributed by atoms with Gasteiger partial charge in [-0.3, -0.25) is 4.79 Å². The quantitative estimate of drug-likeness (QED) is 0.718. The Balaban J connectivity index is 3.18. The summed E-state index contributed by atoms with van der Waals surface area (Å²) >= 11 is 2.99. The van der Waals surface area contributed by atoms with Crippen LogP contribution < -0.4 is 0 Å². The van der Waals surface area contributed by atoms with E-state index in [1.807, 2.05) is 0 Å². The van der Waals surface area contributed by atoms with Crippen LogP contribution in [-0.2, 0) is 10.9 Å². The third kappa shape index (κ3) is 4.86. The van der Waals surface area contributed by atoms with Crippen molar-refractivity contribution in [1.29, 1.82) is 0 Å². The average molecular weight is 366 g/mol. The fraction of sp³-hybridized carbons (Fsp3) is 0.357. The van der Waals surface area contributed by atoms with Gasteiger partial charge in [0.15, 0.2) is 0 Å². The second-order valence-electron chi connectivity index (χ2n) is 4.22. The molecule has 0 aromatic heterocycles. The molecule has 0 unspecified atom stereocenters. The van der Waals surface area contributed by atoms with Crippen LogP contribution >= 0.6 is 15.9 Å². The number of ether oxygens (including phenoxy) is 1. The first kappa shape index (κ1) is 17.7. The zero-order valence-electron chi connectivity index (χ0n) is 11.4. The molecule has 0 heterocycles. The van der Waals surface area contributed by atoms with Gasteiger partial charge in [-0.15, -0.1) is 6.58 Å². The van der Waals surface area contributed by atoms with E-state index in [0.29, 0.717) is 0 Å². The summed E-state index contributed by atoms with van der Waals surface area (Å²) in [6.07, 6.45) is -3.14. The maximum atomic E-state index is 13.1. The average Bonchev–Trinajstić information content (AvgIpc) is 2.41. The van der Waals surface area contributed by atoms with Gasteiger partial charge in [0.2, 0.25) is 0 Å². The number of carbonyl (C=O) groups is 1. The first-order valence-corrected chi connectivity index (χ1v) is 6.86. The van der Waals surface area contributed by atoms with Gasteiger partial charge in [0, 0.05) is 24.7 Å². The van der Waals surface area contributed by atoms with Crippen molar-refractivity contribution in [3.05, 3.63) is 46.5 Å². The Kier molecular flexibility index (Phi) is 6.42. The van der Waals surface area contributed by atoms with Crippen molar-refractivity contribution in [2.24, 2.45) is 0 Å². The number of alkyl halides is 3. The van der Waals surface area contributed by atoms with Crippen molar-refractivity contribution in [2.45, 2.75) is 6.18 Å². The van der Waals surface area contributed by atoms with Crippen molar-refractivity contribution in [3.63, 3.8) is 0 Å². The van der Waals surface area contributed by atoms with E-state index in [-0.39, 0.29) is 29.7 Å². The maximum absolute atomic E-state index is 13.1. The van der Waals surface area contributed by atoms with E-state index in [1.54, 1.807) is 0 Å². The lowest BCUT2D eigenvalue weighted by atomic mass is 10.1. The number of amides is 1. The van der Waals surface area contributed by atoms with Crippen molar-refractivity contribution in [3.8, 4) is 0 Å². The predicted octanol–water partition coefficient (Wildman–Crippen LogP) is 3.74. The molecule has 1 aromatic carbocycles. The highest BCUT2D eigenvalue weighted by molar-refractivity contribution is 9.10. The SMILES string of the molecule is C=CCN(CCOC)C(=O)c1ccc(Br)cc1C(F)(F)F. The monoisotopic (exact) mass is 365 g/mol. The van der Waals surface area contributed by atoms with E-state index in [1.165, 1.54) is 24.2 Å². The molecule has 0 fully saturated rings. The molecule has 0 N–H and O–H groups in total. The summed E-state index contributed by atoms with van der Waals surface area (Å²) in [5.74, 6) is -0.702. The second-order valence-corrected chi connectivity index (χ2v) is 5.14. The Morgan fingerprint density at radius 3 is 2.67 bits per heavy atom. The molecular formula is C14H15BrF3NO2. The number of rotatable bonds is 6. The largest absolute Gasteiger partial charge is 0.417 e.